The number of methoxy groups -OCH3 is 1. The quantitative estimate of drug-likeness (QED) is 0.492. The molecule has 3 rings (SSSR count). The van der Waals surface area contributed by atoms with Crippen molar-refractivity contribution in [2.75, 3.05) is 12.8 Å². The van der Waals surface area contributed by atoms with Crippen molar-refractivity contribution in [3.05, 3.63) is 52.0 Å². The number of hydrogen-bond donors (Lipinski definition) is 2. The van der Waals surface area contributed by atoms with Gasteiger partial charge in [-0.2, -0.15) is 0 Å². The smallest absolute Gasteiger partial charge is 0.309 e. The average molecular weight is 361 g/mol. The minimum atomic E-state index is -0.510. The summed E-state index contributed by atoms with van der Waals surface area (Å²) >= 11 is 6.18. The summed E-state index contributed by atoms with van der Waals surface area (Å²) in [6.45, 7) is 0. The first kappa shape index (κ1) is 16.8. The lowest BCUT2D eigenvalue weighted by Crippen LogP contribution is -2.19. The number of rotatable bonds is 4. The normalized spacial score (nSPS) is 12.6. The predicted octanol–water partition coefficient (Wildman–Crippen LogP) is 2.31. The number of carbonyl (C=O) groups excluding carboxylic acids is 3. The number of benzene rings is 2. The molecular weight excluding hydrogens is 348 g/mol. The highest BCUT2D eigenvalue weighted by Crippen LogP contribution is 2.35. The van der Waals surface area contributed by atoms with E-state index in [9.17, 15) is 14.4 Å². The van der Waals surface area contributed by atoms with E-state index in [0.717, 1.165) is 0 Å². The highest BCUT2D eigenvalue weighted by Gasteiger charge is 2.28. The molecule has 25 heavy (non-hydrogen) atoms. The number of anilines is 1. The summed E-state index contributed by atoms with van der Waals surface area (Å²) in [6, 6.07) is 7.60. The van der Waals surface area contributed by atoms with Crippen LogP contribution in [0.15, 0.2) is 30.3 Å². The molecule has 0 saturated carbocycles. The number of nitrogen functional groups attached to an aromatic ring is 1. The van der Waals surface area contributed by atoms with Gasteiger partial charge in [0.15, 0.2) is 5.75 Å². The Labute approximate surface area is 147 Å². The van der Waals surface area contributed by atoms with Gasteiger partial charge in [-0.15, -0.1) is 0 Å². The summed E-state index contributed by atoms with van der Waals surface area (Å²) in [5.41, 5.74) is 7.14. The topological polar surface area (TPSA) is 108 Å². The number of halogens is 1. The van der Waals surface area contributed by atoms with Gasteiger partial charge in [0, 0.05) is 0 Å². The molecule has 1 aliphatic heterocycles. The van der Waals surface area contributed by atoms with Gasteiger partial charge >= 0.3 is 5.97 Å². The number of imide groups is 1. The summed E-state index contributed by atoms with van der Waals surface area (Å²) in [5.74, 6) is -0.894. The zero-order valence-electron chi connectivity index (χ0n) is 13.1. The van der Waals surface area contributed by atoms with Crippen molar-refractivity contribution in [2.24, 2.45) is 0 Å². The summed E-state index contributed by atoms with van der Waals surface area (Å²) in [4.78, 5) is 34.7. The van der Waals surface area contributed by atoms with Crippen LogP contribution >= 0.6 is 11.6 Å². The summed E-state index contributed by atoms with van der Waals surface area (Å²) in [7, 11) is 1.30. The van der Waals surface area contributed by atoms with Crippen LogP contribution in [-0.4, -0.2) is 24.9 Å². The highest BCUT2D eigenvalue weighted by molar-refractivity contribution is 6.32. The number of hydrogen-bond acceptors (Lipinski definition) is 6. The molecule has 0 atom stereocenters. The van der Waals surface area contributed by atoms with E-state index in [1.807, 2.05) is 0 Å². The lowest BCUT2D eigenvalue weighted by molar-refractivity contribution is -0.139. The number of fused-ring (bicyclic) bond motifs is 1. The van der Waals surface area contributed by atoms with Crippen molar-refractivity contribution in [3.63, 3.8) is 0 Å². The average Bonchev–Trinajstić information content (AvgIpc) is 2.84. The third-order valence-electron chi connectivity index (χ3n) is 3.66. The van der Waals surface area contributed by atoms with E-state index >= 15 is 0 Å². The zero-order valence-corrected chi connectivity index (χ0v) is 13.8. The van der Waals surface area contributed by atoms with Gasteiger partial charge in [0.1, 0.15) is 5.75 Å². The van der Waals surface area contributed by atoms with Gasteiger partial charge in [-0.1, -0.05) is 17.7 Å². The molecule has 0 radical (unpaired) electrons. The molecule has 7 nitrogen and oxygen atoms in total. The van der Waals surface area contributed by atoms with Gasteiger partial charge in [0.05, 0.1) is 35.4 Å². The first-order chi connectivity index (χ1) is 11.9. The van der Waals surface area contributed by atoms with Gasteiger partial charge < -0.3 is 15.2 Å². The van der Waals surface area contributed by atoms with Gasteiger partial charge in [-0.3, -0.25) is 19.7 Å². The molecule has 0 unspecified atom stereocenters. The molecule has 8 heteroatoms. The number of carbonyl (C=O) groups is 3. The first-order valence-corrected chi connectivity index (χ1v) is 7.59. The minimum absolute atomic E-state index is 0.0831. The standard InChI is InChI=1S/C17H13ClN2O5/c1-24-15(21)5-8-2-3-13(11(18)4-8)25-14-7-10-9(6-12(14)19)16(22)20-17(10)23/h2-4,6-7H,5,19H2,1H3,(H,20,22,23). The third-order valence-corrected chi connectivity index (χ3v) is 3.95. The monoisotopic (exact) mass is 360 g/mol. The Morgan fingerprint density at radius 2 is 1.80 bits per heavy atom. The molecule has 3 N–H and O–H groups in total. The van der Waals surface area contributed by atoms with E-state index in [4.69, 9.17) is 22.1 Å². The molecule has 0 saturated heterocycles. The molecule has 2 amide bonds. The minimum Gasteiger partial charge on any atom is -0.469 e. The Hall–Kier alpha value is -3.06. The van der Waals surface area contributed by atoms with E-state index in [1.54, 1.807) is 18.2 Å². The van der Waals surface area contributed by atoms with E-state index in [0.29, 0.717) is 11.3 Å². The maximum Gasteiger partial charge on any atom is 0.309 e. The van der Waals surface area contributed by atoms with Crippen LogP contribution in [0.4, 0.5) is 5.69 Å². The Kier molecular flexibility index (Phi) is 4.33. The van der Waals surface area contributed by atoms with Crippen LogP contribution in [0, 0.1) is 0 Å². The summed E-state index contributed by atoms with van der Waals surface area (Å²) < 4.78 is 10.3. The second-order valence-corrected chi connectivity index (χ2v) is 5.75. The molecular formula is C17H13ClN2O5. The van der Waals surface area contributed by atoms with Crippen LogP contribution in [0.5, 0.6) is 11.5 Å². The van der Waals surface area contributed by atoms with Crippen LogP contribution in [0.2, 0.25) is 5.02 Å². The van der Waals surface area contributed by atoms with Gasteiger partial charge in [-0.05, 0) is 29.8 Å². The Morgan fingerprint density at radius 3 is 2.44 bits per heavy atom. The molecule has 0 spiro atoms. The molecule has 0 aliphatic carbocycles. The second-order valence-electron chi connectivity index (χ2n) is 5.34. The third kappa shape index (κ3) is 3.27. The van der Waals surface area contributed by atoms with Crippen molar-refractivity contribution in [2.45, 2.75) is 6.42 Å². The summed E-state index contributed by atoms with van der Waals surface area (Å²) in [5, 5.41) is 2.45. The fourth-order valence-electron chi connectivity index (χ4n) is 2.39. The number of nitrogens with two attached hydrogens (primary N) is 1. The molecule has 0 fully saturated rings. The van der Waals surface area contributed by atoms with Gasteiger partial charge in [-0.25, -0.2) is 0 Å². The van der Waals surface area contributed by atoms with Crippen molar-refractivity contribution in [1.29, 1.82) is 0 Å². The molecule has 0 aromatic heterocycles. The number of ether oxygens (including phenoxy) is 2. The van der Waals surface area contributed by atoms with Gasteiger partial charge in [0.2, 0.25) is 0 Å². The van der Waals surface area contributed by atoms with Crippen LogP contribution in [0.25, 0.3) is 0 Å². The largest absolute Gasteiger partial charge is 0.469 e. The van der Waals surface area contributed by atoms with E-state index in [2.05, 4.69) is 10.1 Å². The summed E-state index contributed by atoms with van der Waals surface area (Å²) in [6.07, 6.45) is 0.0831. The SMILES string of the molecule is COC(=O)Cc1ccc(Oc2cc3c(cc2N)C(=O)NC3=O)c(Cl)c1. The maximum absolute atomic E-state index is 11.7. The van der Waals surface area contributed by atoms with E-state index in [-0.39, 0.29) is 40.0 Å². The molecule has 1 heterocycles. The van der Waals surface area contributed by atoms with Gasteiger partial charge in [0.25, 0.3) is 11.8 Å². The van der Waals surface area contributed by atoms with E-state index < -0.39 is 11.8 Å². The molecule has 1 aliphatic rings. The zero-order chi connectivity index (χ0) is 18.1. The molecule has 128 valence electrons. The van der Waals surface area contributed by atoms with Crippen molar-refractivity contribution in [3.8, 4) is 11.5 Å². The maximum atomic E-state index is 11.7. The van der Waals surface area contributed by atoms with Crippen LogP contribution in [0.3, 0.4) is 0 Å². The Morgan fingerprint density at radius 1 is 1.12 bits per heavy atom. The lowest BCUT2D eigenvalue weighted by atomic mass is 10.1. The lowest BCUT2D eigenvalue weighted by Gasteiger charge is -2.12. The van der Waals surface area contributed by atoms with Crippen molar-refractivity contribution >= 4 is 35.1 Å². The number of amides is 2. The highest BCUT2D eigenvalue weighted by atomic mass is 35.5. The Balaban J connectivity index is 1.88. The molecule has 0 bridgehead atoms. The van der Waals surface area contributed by atoms with Crippen LogP contribution < -0.4 is 15.8 Å². The molecule has 2 aromatic carbocycles. The van der Waals surface area contributed by atoms with Crippen molar-refractivity contribution < 1.29 is 23.9 Å². The fraction of sp³-hybridized carbons (Fsp3) is 0.118. The number of esters is 1. The Bertz CT molecular complexity index is 910. The first-order valence-electron chi connectivity index (χ1n) is 7.21. The van der Waals surface area contributed by atoms with E-state index in [1.165, 1.54) is 19.2 Å². The van der Waals surface area contributed by atoms with Crippen LogP contribution in [-0.2, 0) is 16.0 Å². The van der Waals surface area contributed by atoms with Crippen LogP contribution in [0.1, 0.15) is 26.3 Å². The predicted molar refractivity (Wildman–Crippen MR) is 89.9 cm³/mol. The number of nitrogens with one attached hydrogen (secondary N) is 1. The van der Waals surface area contributed by atoms with Crippen molar-refractivity contribution in [1.82, 2.24) is 5.32 Å². The molecule has 2 aromatic rings. The second kappa shape index (κ2) is 6.45. The fourth-order valence-corrected chi connectivity index (χ4v) is 2.63.